The van der Waals surface area contributed by atoms with E-state index in [2.05, 4.69) is 24.2 Å². The Hall–Kier alpha value is -0.930. The van der Waals surface area contributed by atoms with Crippen molar-refractivity contribution in [3.05, 3.63) is 35.6 Å². The molecule has 3 heteroatoms. The highest BCUT2D eigenvalue weighted by atomic mass is 19.1. The summed E-state index contributed by atoms with van der Waals surface area (Å²) >= 11 is 0. The van der Waals surface area contributed by atoms with Gasteiger partial charge in [-0.05, 0) is 49.7 Å². The largest absolute Gasteiger partial charge is 0.316 e. The van der Waals surface area contributed by atoms with Crippen LogP contribution in [0.1, 0.15) is 12.5 Å². The van der Waals surface area contributed by atoms with Crippen molar-refractivity contribution in [2.75, 3.05) is 26.7 Å². The minimum atomic E-state index is -0.146. The Labute approximate surface area is 103 Å². The first-order chi connectivity index (χ1) is 8.15. The van der Waals surface area contributed by atoms with Gasteiger partial charge in [-0.3, -0.25) is 0 Å². The van der Waals surface area contributed by atoms with Crippen molar-refractivity contribution in [1.82, 2.24) is 10.2 Å². The normalized spacial score (nSPS) is 24.5. The second-order valence-electron chi connectivity index (χ2n) is 5.22. The van der Waals surface area contributed by atoms with Crippen molar-refractivity contribution in [2.24, 2.45) is 11.8 Å². The first kappa shape index (κ1) is 12.5. The number of nitrogens with zero attached hydrogens (tertiary/aromatic N) is 1. The molecular formula is C14H21FN2. The molecular weight excluding hydrogens is 215 g/mol. The van der Waals surface area contributed by atoms with Crippen LogP contribution in [0.25, 0.3) is 0 Å². The SMILES string of the molecule is CC1CNCC1CN(C)Cc1cccc(F)c1. The maximum Gasteiger partial charge on any atom is 0.123 e. The van der Waals surface area contributed by atoms with Gasteiger partial charge in [0.25, 0.3) is 0 Å². The summed E-state index contributed by atoms with van der Waals surface area (Å²) in [6.07, 6.45) is 0. The fourth-order valence-electron chi connectivity index (χ4n) is 2.52. The Morgan fingerprint density at radius 1 is 1.41 bits per heavy atom. The minimum absolute atomic E-state index is 0.146. The van der Waals surface area contributed by atoms with Crippen molar-refractivity contribution >= 4 is 0 Å². The quantitative estimate of drug-likeness (QED) is 0.861. The summed E-state index contributed by atoms with van der Waals surface area (Å²) in [6.45, 7) is 6.42. The van der Waals surface area contributed by atoms with Crippen LogP contribution in [0, 0.1) is 17.7 Å². The molecule has 0 aromatic heterocycles. The predicted molar refractivity (Wildman–Crippen MR) is 68.3 cm³/mol. The highest BCUT2D eigenvalue weighted by Gasteiger charge is 2.23. The molecule has 1 aliphatic rings. The summed E-state index contributed by atoms with van der Waals surface area (Å²) < 4.78 is 13.1. The monoisotopic (exact) mass is 236 g/mol. The number of benzene rings is 1. The summed E-state index contributed by atoms with van der Waals surface area (Å²) in [4.78, 5) is 2.28. The summed E-state index contributed by atoms with van der Waals surface area (Å²) in [5, 5.41) is 3.41. The third-order valence-electron chi connectivity index (χ3n) is 3.57. The average Bonchev–Trinajstić information content (AvgIpc) is 2.64. The van der Waals surface area contributed by atoms with Crippen LogP contribution in [0.15, 0.2) is 24.3 Å². The van der Waals surface area contributed by atoms with Gasteiger partial charge < -0.3 is 10.2 Å². The van der Waals surface area contributed by atoms with Crippen LogP contribution >= 0.6 is 0 Å². The van der Waals surface area contributed by atoms with Gasteiger partial charge in [0.2, 0.25) is 0 Å². The van der Waals surface area contributed by atoms with Crippen molar-refractivity contribution in [2.45, 2.75) is 13.5 Å². The lowest BCUT2D eigenvalue weighted by molar-refractivity contribution is 0.252. The second-order valence-corrected chi connectivity index (χ2v) is 5.22. The average molecular weight is 236 g/mol. The molecule has 1 aliphatic heterocycles. The zero-order valence-corrected chi connectivity index (χ0v) is 10.6. The van der Waals surface area contributed by atoms with Gasteiger partial charge >= 0.3 is 0 Å². The third-order valence-corrected chi connectivity index (χ3v) is 3.57. The molecule has 0 saturated carbocycles. The molecule has 0 bridgehead atoms. The highest BCUT2D eigenvalue weighted by Crippen LogP contribution is 2.17. The molecule has 0 aliphatic carbocycles. The van der Waals surface area contributed by atoms with Gasteiger partial charge in [0.1, 0.15) is 5.82 Å². The zero-order valence-electron chi connectivity index (χ0n) is 10.6. The second kappa shape index (κ2) is 5.61. The number of hydrogen-bond donors (Lipinski definition) is 1. The molecule has 1 aromatic rings. The molecule has 0 spiro atoms. The lowest BCUT2D eigenvalue weighted by Gasteiger charge is -2.23. The van der Waals surface area contributed by atoms with Crippen molar-refractivity contribution in [1.29, 1.82) is 0 Å². The van der Waals surface area contributed by atoms with Crippen LogP contribution in [-0.2, 0) is 6.54 Å². The molecule has 1 heterocycles. The van der Waals surface area contributed by atoms with E-state index in [0.717, 1.165) is 37.7 Å². The smallest absolute Gasteiger partial charge is 0.123 e. The summed E-state index contributed by atoms with van der Waals surface area (Å²) in [5.41, 5.74) is 1.05. The molecule has 0 amide bonds. The molecule has 2 nitrogen and oxygen atoms in total. The molecule has 2 rings (SSSR count). The Kier molecular flexibility index (Phi) is 4.13. The number of hydrogen-bond acceptors (Lipinski definition) is 2. The molecule has 1 fully saturated rings. The van der Waals surface area contributed by atoms with Crippen LogP contribution in [0.3, 0.4) is 0 Å². The molecule has 1 saturated heterocycles. The van der Waals surface area contributed by atoms with Gasteiger partial charge in [-0.2, -0.15) is 0 Å². The molecule has 0 radical (unpaired) electrons. The lowest BCUT2D eigenvalue weighted by atomic mass is 9.97. The van der Waals surface area contributed by atoms with E-state index in [4.69, 9.17) is 0 Å². The van der Waals surface area contributed by atoms with E-state index < -0.39 is 0 Å². The molecule has 2 atom stereocenters. The van der Waals surface area contributed by atoms with Gasteiger partial charge in [0, 0.05) is 13.1 Å². The Bertz CT molecular complexity index is 367. The van der Waals surface area contributed by atoms with Crippen LogP contribution in [0.4, 0.5) is 4.39 Å². The van der Waals surface area contributed by atoms with Crippen LogP contribution in [-0.4, -0.2) is 31.6 Å². The topological polar surface area (TPSA) is 15.3 Å². The fraction of sp³-hybridized carbons (Fsp3) is 0.571. The van der Waals surface area contributed by atoms with Gasteiger partial charge in [0.05, 0.1) is 0 Å². The summed E-state index contributed by atoms with van der Waals surface area (Å²) in [5.74, 6) is 1.31. The van der Waals surface area contributed by atoms with E-state index in [1.54, 1.807) is 12.1 Å². The van der Waals surface area contributed by atoms with Crippen LogP contribution < -0.4 is 5.32 Å². The van der Waals surface area contributed by atoms with Crippen molar-refractivity contribution in [3.8, 4) is 0 Å². The van der Waals surface area contributed by atoms with E-state index in [0.29, 0.717) is 5.92 Å². The van der Waals surface area contributed by atoms with E-state index in [1.807, 2.05) is 6.07 Å². The van der Waals surface area contributed by atoms with Gasteiger partial charge in [-0.15, -0.1) is 0 Å². The van der Waals surface area contributed by atoms with Gasteiger partial charge in [-0.1, -0.05) is 19.1 Å². The molecule has 1 aromatic carbocycles. The first-order valence-corrected chi connectivity index (χ1v) is 6.29. The fourth-order valence-corrected chi connectivity index (χ4v) is 2.52. The van der Waals surface area contributed by atoms with E-state index in [-0.39, 0.29) is 5.82 Å². The number of halogens is 1. The number of rotatable bonds is 4. The van der Waals surface area contributed by atoms with E-state index >= 15 is 0 Å². The van der Waals surface area contributed by atoms with E-state index in [9.17, 15) is 4.39 Å². The minimum Gasteiger partial charge on any atom is -0.316 e. The van der Waals surface area contributed by atoms with Crippen molar-refractivity contribution in [3.63, 3.8) is 0 Å². The Morgan fingerprint density at radius 3 is 2.88 bits per heavy atom. The van der Waals surface area contributed by atoms with E-state index in [1.165, 1.54) is 6.07 Å². The Morgan fingerprint density at radius 2 is 2.24 bits per heavy atom. The van der Waals surface area contributed by atoms with Gasteiger partial charge in [-0.25, -0.2) is 4.39 Å². The molecule has 94 valence electrons. The zero-order chi connectivity index (χ0) is 12.3. The Balaban J connectivity index is 1.86. The number of nitrogens with one attached hydrogen (secondary N) is 1. The summed E-state index contributed by atoms with van der Waals surface area (Å²) in [7, 11) is 2.11. The predicted octanol–water partition coefficient (Wildman–Crippen LogP) is 2.11. The first-order valence-electron chi connectivity index (χ1n) is 6.29. The highest BCUT2D eigenvalue weighted by molar-refractivity contribution is 5.16. The van der Waals surface area contributed by atoms with Crippen LogP contribution in [0.2, 0.25) is 0 Å². The maximum absolute atomic E-state index is 13.1. The van der Waals surface area contributed by atoms with Crippen LogP contribution in [0.5, 0.6) is 0 Å². The standard InChI is InChI=1S/C14H21FN2/c1-11-7-16-8-13(11)10-17(2)9-12-4-3-5-14(15)6-12/h3-6,11,13,16H,7-10H2,1-2H3. The third kappa shape index (κ3) is 3.51. The molecule has 1 N–H and O–H groups in total. The van der Waals surface area contributed by atoms with Crippen molar-refractivity contribution < 1.29 is 4.39 Å². The molecule has 17 heavy (non-hydrogen) atoms. The van der Waals surface area contributed by atoms with Gasteiger partial charge in [0.15, 0.2) is 0 Å². The molecule has 2 unspecified atom stereocenters. The summed E-state index contributed by atoms with van der Waals surface area (Å²) in [6, 6.07) is 6.87. The lowest BCUT2D eigenvalue weighted by Crippen LogP contribution is -2.28. The maximum atomic E-state index is 13.1.